The monoisotopic (exact) mass is 320 g/mol. The van der Waals surface area contributed by atoms with Gasteiger partial charge in [0.2, 0.25) is 0 Å². The zero-order valence-electron chi connectivity index (χ0n) is 11.7. The number of nitrogens with zero attached hydrogens (tertiary/aromatic N) is 1. The molecule has 1 aromatic heterocycles. The van der Waals surface area contributed by atoms with E-state index in [2.05, 4.69) is 0 Å². The van der Waals surface area contributed by atoms with Crippen LogP contribution in [0.2, 0.25) is 0 Å². The SMILES string of the molecule is COc1ccc(S(=O)(=O)n2ccc3cc(F)ccc32)cc1N. The van der Waals surface area contributed by atoms with Crippen molar-refractivity contribution in [3.8, 4) is 5.75 Å². The zero-order valence-corrected chi connectivity index (χ0v) is 12.5. The number of halogens is 1. The van der Waals surface area contributed by atoms with Crippen molar-refractivity contribution in [1.29, 1.82) is 0 Å². The number of rotatable bonds is 3. The molecule has 0 unspecified atom stereocenters. The lowest BCUT2D eigenvalue weighted by Gasteiger charge is -2.10. The average molecular weight is 320 g/mol. The smallest absolute Gasteiger partial charge is 0.268 e. The number of aromatic nitrogens is 1. The van der Waals surface area contributed by atoms with E-state index in [1.54, 1.807) is 6.07 Å². The third kappa shape index (κ3) is 2.19. The lowest BCUT2D eigenvalue weighted by atomic mass is 10.2. The number of nitrogens with two attached hydrogens (primary N) is 1. The Kier molecular flexibility index (Phi) is 3.29. The van der Waals surface area contributed by atoms with E-state index >= 15 is 0 Å². The highest BCUT2D eigenvalue weighted by Gasteiger charge is 2.20. The molecule has 0 spiro atoms. The lowest BCUT2D eigenvalue weighted by Crippen LogP contribution is -2.12. The first-order chi connectivity index (χ1) is 10.4. The fraction of sp³-hybridized carbons (Fsp3) is 0.0667. The van der Waals surface area contributed by atoms with Crippen LogP contribution >= 0.6 is 0 Å². The number of hydrogen-bond donors (Lipinski definition) is 1. The normalized spacial score (nSPS) is 11.7. The third-order valence-corrected chi connectivity index (χ3v) is 5.06. The summed E-state index contributed by atoms with van der Waals surface area (Å²) in [7, 11) is -2.37. The molecule has 0 bridgehead atoms. The Labute approximate surface area is 126 Å². The first-order valence-corrected chi connectivity index (χ1v) is 7.83. The molecule has 0 aliphatic heterocycles. The van der Waals surface area contributed by atoms with Gasteiger partial charge in [0.1, 0.15) is 11.6 Å². The molecule has 5 nitrogen and oxygen atoms in total. The van der Waals surface area contributed by atoms with Crippen molar-refractivity contribution in [2.45, 2.75) is 4.90 Å². The summed E-state index contributed by atoms with van der Waals surface area (Å²) >= 11 is 0. The van der Waals surface area contributed by atoms with Crippen LogP contribution < -0.4 is 10.5 Å². The predicted molar refractivity (Wildman–Crippen MR) is 81.9 cm³/mol. The van der Waals surface area contributed by atoms with Crippen molar-refractivity contribution in [2.24, 2.45) is 0 Å². The van der Waals surface area contributed by atoms with Crippen LogP contribution in [-0.4, -0.2) is 19.5 Å². The molecule has 3 rings (SSSR count). The Morgan fingerprint density at radius 1 is 1.14 bits per heavy atom. The standard InChI is InChI=1S/C15H13FN2O3S/c1-21-15-5-3-12(9-13(15)17)22(19,20)18-7-6-10-8-11(16)2-4-14(10)18/h2-9H,17H2,1H3. The molecule has 0 atom stereocenters. The molecule has 1 heterocycles. The Morgan fingerprint density at radius 3 is 2.59 bits per heavy atom. The molecule has 3 aromatic rings. The molecule has 114 valence electrons. The average Bonchev–Trinajstić information content (AvgIpc) is 2.90. The number of methoxy groups -OCH3 is 1. The highest BCUT2D eigenvalue weighted by Crippen LogP contribution is 2.28. The van der Waals surface area contributed by atoms with E-state index in [1.165, 1.54) is 49.7 Å². The van der Waals surface area contributed by atoms with Gasteiger partial charge in [0, 0.05) is 11.6 Å². The summed E-state index contributed by atoms with van der Waals surface area (Å²) in [6.07, 6.45) is 1.39. The number of ether oxygens (including phenoxy) is 1. The topological polar surface area (TPSA) is 74.3 Å². The van der Waals surface area contributed by atoms with Crippen LogP contribution in [-0.2, 0) is 10.0 Å². The number of nitrogen functional groups attached to an aromatic ring is 1. The van der Waals surface area contributed by atoms with Gasteiger partial charge in [-0.05, 0) is 42.5 Å². The molecular weight excluding hydrogens is 307 g/mol. The van der Waals surface area contributed by atoms with E-state index < -0.39 is 15.8 Å². The highest BCUT2D eigenvalue weighted by atomic mass is 32.2. The molecule has 7 heteroatoms. The number of hydrogen-bond acceptors (Lipinski definition) is 4. The maximum absolute atomic E-state index is 13.2. The minimum Gasteiger partial charge on any atom is -0.495 e. The van der Waals surface area contributed by atoms with E-state index in [0.29, 0.717) is 16.7 Å². The van der Waals surface area contributed by atoms with E-state index in [4.69, 9.17) is 10.5 Å². The first kappa shape index (κ1) is 14.4. The maximum Gasteiger partial charge on any atom is 0.268 e. The van der Waals surface area contributed by atoms with Gasteiger partial charge in [0.05, 0.1) is 23.2 Å². The summed E-state index contributed by atoms with van der Waals surface area (Å²) in [5, 5.41) is 0.505. The summed E-state index contributed by atoms with van der Waals surface area (Å²) in [4.78, 5) is 0.0348. The van der Waals surface area contributed by atoms with Crippen LogP contribution in [0.4, 0.5) is 10.1 Å². The van der Waals surface area contributed by atoms with Gasteiger partial charge < -0.3 is 10.5 Å². The number of anilines is 1. The van der Waals surface area contributed by atoms with Crippen molar-refractivity contribution in [2.75, 3.05) is 12.8 Å². The molecule has 0 saturated carbocycles. The first-order valence-electron chi connectivity index (χ1n) is 6.39. The Hall–Kier alpha value is -2.54. The van der Waals surface area contributed by atoms with Gasteiger partial charge in [-0.3, -0.25) is 0 Å². The minimum atomic E-state index is -3.82. The molecule has 22 heavy (non-hydrogen) atoms. The lowest BCUT2D eigenvalue weighted by molar-refractivity contribution is 0.416. The predicted octanol–water partition coefficient (Wildman–Crippen LogP) is 2.61. The fourth-order valence-corrected chi connectivity index (χ4v) is 3.67. The Morgan fingerprint density at radius 2 is 1.91 bits per heavy atom. The molecule has 0 saturated heterocycles. The summed E-state index contributed by atoms with van der Waals surface area (Å²) < 4.78 is 44.8. The Balaban J connectivity index is 2.18. The molecule has 0 aliphatic carbocycles. The molecule has 0 amide bonds. The van der Waals surface area contributed by atoms with Gasteiger partial charge in [-0.25, -0.2) is 16.8 Å². The Bertz CT molecular complexity index is 964. The van der Waals surface area contributed by atoms with Crippen LogP contribution in [0.1, 0.15) is 0 Å². The van der Waals surface area contributed by atoms with Gasteiger partial charge in [-0.15, -0.1) is 0 Å². The molecule has 0 radical (unpaired) electrons. The van der Waals surface area contributed by atoms with E-state index in [9.17, 15) is 12.8 Å². The van der Waals surface area contributed by atoms with Crippen LogP contribution in [0.15, 0.2) is 53.6 Å². The second-order valence-electron chi connectivity index (χ2n) is 4.72. The van der Waals surface area contributed by atoms with E-state index in [0.717, 1.165) is 3.97 Å². The summed E-state index contributed by atoms with van der Waals surface area (Å²) in [5.74, 6) is -0.0188. The van der Waals surface area contributed by atoms with Crippen LogP contribution in [0.5, 0.6) is 5.75 Å². The van der Waals surface area contributed by atoms with Crippen molar-refractivity contribution in [1.82, 2.24) is 3.97 Å². The van der Waals surface area contributed by atoms with Gasteiger partial charge in [-0.2, -0.15) is 0 Å². The number of fused-ring (bicyclic) bond motifs is 1. The summed E-state index contributed by atoms with van der Waals surface area (Å²) in [6, 6.07) is 9.72. The minimum absolute atomic E-state index is 0.0348. The molecular formula is C15H13FN2O3S. The van der Waals surface area contributed by atoms with Crippen molar-refractivity contribution >= 4 is 26.6 Å². The second kappa shape index (κ2) is 5.03. The molecule has 0 aliphatic rings. The van der Waals surface area contributed by atoms with Crippen LogP contribution in [0, 0.1) is 5.82 Å². The largest absolute Gasteiger partial charge is 0.495 e. The summed E-state index contributed by atoms with van der Waals surface area (Å²) in [6.45, 7) is 0. The van der Waals surface area contributed by atoms with Gasteiger partial charge >= 0.3 is 0 Å². The van der Waals surface area contributed by atoms with Crippen LogP contribution in [0.25, 0.3) is 10.9 Å². The maximum atomic E-state index is 13.2. The van der Waals surface area contributed by atoms with Crippen molar-refractivity contribution < 1.29 is 17.5 Å². The second-order valence-corrected chi connectivity index (χ2v) is 6.54. The summed E-state index contributed by atoms with van der Waals surface area (Å²) in [5.41, 5.74) is 6.39. The van der Waals surface area contributed by atoms with Gasteiger partial charge in [0.15, 0.2) is 0 Å². The molecule has 2 N–H and O–H groups in total. The van der Waals surface area contributed by atoms with Crippen molar-refractivity contribution in [3.05, 3.63) is 54.5 Å². The van der Waals surface area contributed by atoms with Gasteiger partial charge in [-0.1, -0.05) is 0 Å². The molecule has 0 fully saturated rings. The number of benzene rings is 2. The zero-order chi connectivity index (χ0) is 15.9. The van der Waals surface area contributed by atoms with Gasteiger partial charge in [0.25, 0.3) is 10.0 Å². The molecule has 2 aromatic carbocycles. The van der Waals surface area contributed by atoms with Crippen LogP contribution in [0.3, 0.4) is 0 Å². The third-order valence-electron chi connectivity index (χ3n) is 3.37. The van der Waals surface area contributed by atoms with E-state index in [1.807, 2.05) is 0 Å². The highest BCUT2D eigenvalue weighted by molar-refractivity contribution is 7.90. The van der Waals surface area contributed by atoms with Crippen molar-refractivity contribution in [3.63, 3.8) is 0 Å². The fourth-order valence-electron chi connectivity index (χ4n) is 2.28. The van der Waals surface area contributed by atoms with E-state index in [-0.39, 0.29) is 10.6 Å². The quantitative estimate of drug-likeness (QED) is 0.753.